The predicted molar refractivity (Wildman–Crippen MR) is 111 cm³/mol. The zero-order valence-electron chi connectivity index (χ0n) is 16.7. The second-order valence-electron chi connectivity index (χ2n) is 6.58. The van der Waals surface area contributed by atoms with Gasteiger partial charge in [0.15, 0.2) is 11.8 Å². The lowest BCUT2D eigenvalue weighted by Gasteiger charge is -2.21. The van der Waals surface area contributed by atoms with Gasteiger partial charge in [0.25, 0.3) is 0 Å². The largest absolute Gasteiger partial charge is 0.497 e. The number of hydrogen-bond donors (Lipinski definition) is 2. The number of hydrogen-bond acceptors (Lipinski definition) is 4. The number of aromatic nitrogens is 3. The molecule has 0 amide bonds. The molecule has 0 aliphatic carbocycles. The van der Waals surface area contributed by atoms with Crippen LogP contribution in [0.15, 0.2) is 53.5 Å². The highest BCUT2D eigenvalue weighted by atomic mass is 16.5. The summed E-state index contributed by atoms with van der Waals surface area (Å²) in [5, 5.41) is 10.6. The van der Waals surface area contributed by atoms with Crippen molar-refractivity contribution in [2.24, 2.45) is 4.99 Å². The number of ether oxygens (including phenoxy) is 1. The van der Waals surface area contributed by atoms with E-state index in [0.29, 0.717) is 12.4 Å². The summed E-state index contributed by atoms with van der Waals surface area (Å²) in [6.45, 7) is 3.37. The van der Waals surface area contributed by atoms with Crippen molar-refractivity contribution in [2.75, 3.05) is 21.2 Å². The van der Waals surface area contributed by atoms with Crippen LogP contribution in [0.5, 0.6) is 5.75 Å². The second-order valence-corrected chi connectivity index (χ2v) is 6.58. The Bertz CT molecular complexity index is 915. The summed E-state index contributed by atoms with van der Waals surface area (Å²) in [5.74, 6) is 3.00. The monoisotopic (exact) mass is 378 g/mol. The Hall–Kier alpha value is -3.35. The van der Waals surface area contributed by atoms with E-state index in [-0.39, 0.29) is 0 Å². The fraction of sp³-hybridized carbons (Fsp3) is 0.286. The maximum absolute atomic E-state index is 5.18. The maximum atomic E-state index is 5.18. The number of H-pyrrole nitrogens is 1. The van der Waals surface area contributed by atoms with Crippen molar-refractivity contribution in [1.29, 1.82) is 0 Å². The molecule has 2 aromatic carbocycles. The molecule has 0 aliphatic rings. The Balaban J connectivity index is 1.59. The Morgan fingerprint density at radius 3 is 2.50 bits per heavy atom. The van der Waals surface area contributed by atoms with Gasteiger partial charge in [-0.1, -0.05) is 29.8 Å². The average Bonchev–Trinajstić information content (AvgIpc) is 3.19. The number of nitrogens with one attached hydrogen (secondary N) is 2. The number of methoxy groups -OCH3 is 1. The van der Waals surface area contributed by atoms with Gasteiger partial charge in [0.2, 0.25) is 0 Å². The molecule has 0 spiro atoms. The number of rotatable bonds is 6. The van der Waals surface area contributed by atoms with Gasteiger partial charge in [-0.15, -0.1) is 0 Å². The number of benzene rings is 2. The average molecular weight is 378 g/mol. The first kappa shape index (κ1) is 19.4. The molecule has 3 rings (SSSR count). The first-order valence-electron chi connectivity index (χ1n) is 9.12. The smallest absolute Gasteiger partial charge is 0.194 e. The van der Waals surface area contributed by atoms with Gasteiger partial charge < -0.3 is 15.0 Å². The zero-order chi connectivity index (χ0) is 19.9. The van der Waals surface area contributed by atoms with Gasteiger partial charge in [-0.05, 0) is 36.8 Å². The molecule has 0 saturated heterocycles. The van der Waals surface area contributed by atoms with Crippen LogP contribution in [0.1, 0.15) is 17.0 Å². The standard InChI is InChI=1S/C21H26N6O/c1-15-5-7-16(8-6-15)14-27(3)21(22-2)23-13-19-24-20(26-25-19)17-9-11-18(28-4)12-10-17/h5-12H,13-14H2,1-4H3,(H,22,23)(H,24,25,26). The van der Waals surface area contributed by atoms with E-state index in [9.17, 15) is 0 Å². The summed E-state index contributed by atoms with van der Waals surface area (Å²) in [6.07, 6.45) is 0. The van der Waals surface area contributed by atoms with Crippen molar-refractivity contribution < 1.29 is 4.74 Å². The van der Waals surface area contributed by atoms with Crippen LogP contribution in [-0.4, -0.2) is 47.2 Å². The van der Waals surface area contributed by atoms with Crippen LogP contribution in [0.2, 0.25) is 0 Å². The molecule has 1 aromatic heterocycles. The second kappa shape index (κ2) is 9.03. The third kappa shape index (κ3) is 4.88. The fourth-order valence-corrected chi connectivity index (χ4v) is 2.83. The van der Waals surface area contributed by atoms with E-state index in [1.165, 1.54) is 11.1 Å². The SMILES string of the molecule is CN=C(NCc1nc(-c2ccc(OC)cc2)n[nH]1)N(C)Cc1ccc(C)cc1. The number of aryl methyl sites for hydroxylation is 1. The summed E-state index contributed by atoms with van der Waals surface area (Å²) >= 11 is 0. The van der Waals surface area contributed by atoms with Gasteiger partial charge in [-0.2, -0.15) is 5.10 Å². The van der Waals surface area contributed by atoms with Crippen LogP contribution < -0.4 is 10.1 Å². The lowest BCUT2D eigenvalue weighted by Crippen LogP contribution is -2.38. The first-order valence-corrected chi connectivity index (χ1v) is 9.12. The van der Waals surface area contributed by atoms with E-state index >= 15 is 0 Å². The molecule has 146 valence electrons. The van der Waals surface area contributed by atoms with Crippen molar-refractivity contribution in [1.82, 2.24) is 25.4 Å². The predicted octanol–water partition coefficient (Wildman–Crippen LogP) is 3.00. The maximum Gasteiger partial charge on any atom is 0.194 e. The van der Waals surface area contributed by atoms with E-state index in [2.05, 4.69) is 61.6 Å². The van der Waals surface area contributed by atoms with E-state index in [0.717, 1.165) is 29.6 Å². The van der Waals surface area contributed by atoms with Gasteiger partial charge in [-0.3, -0.25) is 10.1 Å². The highest BCUT2D eigenvalue weighted by molar-refractivity contribution is 5.79. The molecule has 1 heterocycles. The molecular formula is C21H26N6O. The van der Waals surface area contributed by atoms with E-state index in [1.807, 2.05) is 31.3 Å². The van der Waals surface area contributed by atoms with Gasteiger partial charge in [0.05, 0.1) is 13.7 Å². The van der Waals surface area contributed by atoms with Gasteiger partial charge in [0, 0.05) is 26.2 Å². The van der Waals surface area contributed by atoms with Crippen molar-refractivity contribution in [3.8, 4) is 17.1 Å². The lowest BCUT2D eigenvalue weighted by molar-refractivity contribution is 0.415. The molecule has 0 aliphatic heterocycles. The minimum Gasteiger partial charge on any atom is -0.497 e. The zero-order valence-corrected chi connectivity index (χ0v) is 16.7. The first-order chi connectivity index (χ1) is 13.6. The Morgan fingerprint density at radius 2 is 1.86 bits per heavy atom. The Labute approximate surface area is 165 Å². The van der Waals surface area contributed by atoms with E-state index < -0.39 is 0 Å². The normalized spacial score (nSPS) is 11.4. The number of guanidine groups is 1. The Morgan fingerprint density at radius 1 is 1.14 bits per heavy atom. The summed E-state index contributed by atoms with van der Waals surface area (Å²) < 4.78 is 5.18. The van der Waals surface area contributed by atoms with E-state index in [4.69, 9.17) is 4.74 Å². The number of aliphatic imine (C=N–C) groups is 1. The third-order valence-electron chi connectivity index (χ3n) is 4.41. The molecule has 0 atom stereocenters. The fourth-order valence-electron chi connectivity index (χ4n) is 2.83. The summed E-state index contributed by atoms with van der Waals surface area (Å²) in [6, 6.07) is 16.2. The molecule has 7 nitrogen and oxygen atoms in total. The van der Waals surface area contributed by atoms with Crippen molar-refractivity contribution in [2.45, 2.75) is 20.0 Å². The molecule has 0 saturated carbocycles. The molecule has 2 N–H and O–H groups in total. The minimum atomic E-state index is 0.508. The third-order valence-corrected chi connectivity index (χ3v) is 4.41. The summed E-state index contributed by atoms with van der Waals surface area (Å²) in [5.41, 5.74) is 3.42. The van der Waals surface area contributed by atoms with Crippen LogP contribution in [-0.2, 0) is 13.1 Å². The minimum absolute atomic E-state index is 0.508. The van der Waals surface area contributed by atoms with Crippen LogP contribution in [0.3, 0.4) is 0 Å². The van der Waals surface area contributed by atoms with Gasteiger partial charge in [0.1, 0.15) is 11.6 Å². The van der Waals surface area contributed by atoms with Crippen LogP contribution in [0, 0.1) is 6.92 Å². The number of aromatic amines is 1. The van der Waals surface area contributed by atoms with E-state index in [1.54, 1.807) is 14.2 Å². The van der Waals surface area contributed by atoms with Gasteiger partial charge in [-0.25, -0.2) is 4.98 Å². The molecule has 3 aromatic rings. The molecule has 0 bridgehead atoms. The topological polar surface area (TPSA) is 78.4 Å². The quantitative estimate of drug-likeness (QED) is 0.509. The highest BCUT2D eigenvalue weighted by Crippen LogP contribution is 2.18. The lowest BCUT2D eigenvalue weighted by atomic mass is 10.1. The van der Waals surface area contributed by atoms with Crippen LogP contribution >= 0.6 is 0 Å². The molecule has 7 heteroatoms. The van der Waals surface area contributed by atoms with Crippen LogP contribution in [0.4, 0.5) is 0 Å². The van der Waals surface area contributed by atoms with Gasteiger partial charge >= 0.3 is 0 Å². The summed E-state index contributed by atoms with van der Waals surface area (Å²) in [4.78, 5) is 11.0. The Kier molecular flexibility index (Phi) is 6.26. The number of nitrogens with zero attached hydrogens (tertiary/aromatic N) is 4. The van der Waals surface area contributed by atoms with Crippen LogP contribution in [0.25, 0.3) is 11.4 Å². The molecule has 0 fully saturated rings. The molecular weight excluding hydrogens is 352 g/mol. The molecule has 0 radical (unpaired) electrons. The van der Waals surface area contributed by atoms with Crippen molar-refractivity contribution in [3.05, 3.63) is 65.5 Å². The molecule has 28 heavy (non-hydrogen) atoms. The highest BCUT2D eigenvalue weighted by Gasteiger charge is 2.10. The summed E-state index contributed by atoms with van der Waals surface area (Å²) in [7, 11) is 5.43. The van der Waals surface area contributed by atoms with Crippen molar-refractivity contribution >= 4 is 5.96 Å². The molecule has 0 unspecified atom stereocenters. The van der Waals surface area contributed by atoms with Crippen molar-refractivity contribution in [3.63, 3.8) is 0 Å².